The maximum atomic E-state index is 12.9. The Hall–Kier alpha value is -2.48. The van der Waals surface area contributed by atoms with E-state index in [0.717, 1.165) is 31.2 Å². The molecule has 0 radical (unpaired) electrons. The molecule has 1 saturated heterocycles. The highest BCUT2D eigenvalue weighted by Crippen LogP contribution is 2.28. The van der Waals surface area contributed by atoms with Crippen molar-refractivity contribution in [3.63, 3.8) is 0 Å². The summed E-state index contributed by atoms with van der Waals surface area (Å²) in [5.41, 5.74) is 0.763. The van der Waals surface area contributed by atoms with Crippen molar-refractivity contribution in [2.24, 2.45) is 0 Å². The van der Waals surface area contributed by atoms with Crippen molar-refractivity contribution < 1.29 is 19.2 Å². The second-order valence-corrected chi connectivity index (χ2v) is 7.57. The Balaban J connectivity index is 1.82. The third kappa shape index (κ3) is 5.28. The van der Waals surface area contributed by atoms with Crippen LogP contribution in [0.25, 0.3) is 0 Å². The first-order valence-electron chi connectivity index (χ1n) is 9.92. The number of nitro groups is 1. The highest BCUT2D eigenvalue weighted by atomic mass is 16.6. The van der Waals surface area contributed by atoms with Gasteiger partial charge in [-0.1, -0.05) is 49.6 Å². The van der Waals surface area contributed by atoms with Crippen LogP contribution < -0.4 is 10.6 Å². The lowest BCUT2D eigenvalue weighted by Gasteiger charge is -2.28. The van der Waals surface area contributed by atoms with Crippen LogP contribution in [0.4, 0.5) is 0 Å². The highest BCUT2D eigenvalue weighted by molar-refractivity contribution is 5.83. The fraction of sp³-hybridized carbons (Fsp3) is 0.600. The molecule has 1 heterocycles. The molecule has 8 heteroatoms. The Morgan fingerprint density at radius 1 is 1.18 bits per heavy atom. The van der Waals surface area contributed by atoms with E-state index in [1.54, 1.807) is 0 Å². The molecule has 1 amide bonds. The molecule has 1 aliphatic carbocycles. The van der Waals surface area contributed by atoms with Crippen molar-refractivity contribution in [3.05, 3.63) is 46.0 Å². The van der Waals surface area contributed by atoms with Gasteiger partial charge in [0.05, 0.1) is 18.5 Å². The van der Waals surface area contributed by atoms with E-state index in [2.05, 4.69) is 10.6 Å². The number of carbonyl (C=O) groups excluding carboxylic acids is 2. The molecule has 1 aromatic carbocycles. The molecule has 28 heavy (non-hydrogen) atoms. The summed E-state index contributed by atoms with van der Waals surface area (Å²) in [4.78, 5) is 36.1. The summed E-state index contributed by atoms with van der Waals surface area (Å²) in [6.07, 6.45) is 5.47. The van der Waals surface area contributed by atoms with Crippen molar-refractivity contribution in [2.45, 2.75) is 62.6 Å². The number of ether oxygens (including phenoxy) is 1. The van der Waals surface area contributed by atoms with E-state index in [4.69, 9.17) is 4.74 Å². The predicted octanol–water partition coefficient (Wildman–Crippen LogP) is 1.77. The fourth-order valence-corrected chi connectivity index (χ4v) is 4.06. The lowest BCUT2D eigenvalue weighted by molar-refractivity contribution is -0.530. The average Bonchev–Trinajstić information content (AvgIpc) is 2.78. The van der Waals surface area contributed by atoms with Gasteiger partial charge >= 0.3 is 5.97 Å². The summed E-state index contributed by atoms with van der Waals surface area (Å²) in [6, 6.07) is 7.44. The molecule has 3 atom stereocenters. The first-order chi connectivity index (χ1) is 13.5. The van der Waals surface area contributed by atoms with Gasteiger partial charge < -0.3 is 10.1 Å². The molecule has 2 N–H and O–H groups in total. The lowest BCUT2D eigenvalue weighted by Crippen LogP contribution is -2.50. The van der Waals surface area contributed by atoms with Gasteiger partial charge in [0.25, 0.3) is 6.04 Å². The van der Waals surface area contributed by atoms with Gasteiger partial charge in [0.1, 0.15) is 0 Å². The lowest BCUT2D eigenvalue weighted by atomic mass is 9.85. The van der Waals surface area contributed by atoms with E-state index in [0.29, 0.717) is 0 Å². The highest BCUT2D eigenvalue weighted by Gasteiger charge is 2.39. The van der Waals surface area contributed by atoms with Gasteiger partial charge in [0.15, 0.2) is 6.61 Å². The number of carbonyl (C=O) groups is 2. The van der Waals surface area contributed by atoms with Gasteiger partial charge in [-0.05, 0) is 24.8 Å². The number of benzene rings is 1. The van der Waals surface area contributed by atoms with E-state index in [-0.39, 0.29) is 31.5 Å². The predicted molar refractivity (Wildman–Crippen MR) is 102 cm³/mol. The van der Waals surface area contributed by atoms with E-state index in [1.165, 1.54) is 6.42 Å². The zero-order valence-corrected chi connectivity index (χ0v) is 15.8. The largest absolute Gasteiger partial charge is 0.457 e. The minimum Gasteiger partial charge on any atom is -0.457 e. The number of nitrogens with zero attached hydrogens (tertiary/aromatic N) is 1. The Bertz CT molecular complexity index is 690. The summed E-state index contributed by atoms with van der Waals surface area (Å²) in [5, 5.41) is 17.7. The van der Waals surface area contributed by atoms with Crippen molar-refractivity contribution in [3.8, 4) is 0 Å². The number of amides is 1. The minimum atomic E-state index is -1.10. The number of esters is 1. The first-order valence-corrected chi connectivity index (χ1v) is 9.92. The number of hydrogen-bond donors (Lipinski definition) is 2. The number of rotatable bonds is 4. The van der Waals surface area contributed by atoms with Gasteiger partial charge in [0.2, 0.25) is 5.91 Å². The van der Waals surface area contributed by atoms with Crippen LogP contribution in [0.2, 0.25) is 0 Å². The van der Waals surface area contributed by atoms with Gasteiger partial charge in [-0.15, -0.1) is 0 Å². The van der Waals surface area contributed by atoms with Crippen molar-refractivity contribution in [2.75, 3.05) is 13.2 Å². The maximum absolute atomic E-state index is 12.9. The molecule has 0 spiro atoms. The van der Waals surface area contributed by atoms with Crippen LogP contribution in [0, 0.1) is 10.1 Å². The Labute approximate surface area is 164 Å². The van der Waals surface area contributed by atoms with Crippen molar-refractivity contribution in [1.82, 2.24) is 10.6 Å². The topological polar surface area (TPSA) is 111 Å². The van der Waals surface area contributed by atoms with E-state index in [1.807, 2.05) is 30.3 Å². The molecule has 1 aromatic rings. The number of nitrogens with one attached hydrogen (secondary N) is 2. The van der Waals surface area contributed by atoms with Crippen molar-refractivity contribution in [1.29, 1.82) is 0 Å². The Kier molecular flexibility index (Phi) is 6.97. The van der Waals surface area contributed by atoms with Crippen LogP contribution >= 0.6 is 0 Å². The maximum Gasteiger partial charge on any atom is 0.320 e. The van der Waals surface area contributed by atoms with Crippen molar-refractivity contribution >= 4 is 11.9 Å². The molecule has 3 rings (SSSR count). The molecule has 2 aliphatic rings. The molecule has 1 saturated carbocycles. The number of cyclic esters (lactones) is 1. The average molecular weight is 389 g/mol. The monoisotopic (exact) mass is 389 g/mol. The zero-order chi connectivity index (χ0) is 19.9. The second kappa shape index (κ2) is 9.64. The molecular weight excluding hydrogens is 362 g/mol. The van der Waals surface area contributed by atoms with Gasteiger partial charge in [-0.25, -0.2) is 0 Å². The normalized spacial score (nSPS) is 27.0. The van der Waals surface area contributed by atoms with Gasteiger partial charge in [-0.2, -0.15) is 0 Å². The molecule has 8 nitrogen and oxygen atoms in total. The fourth-order valence-electron chi connectivity index (χ4n) is 4.06. The van der Waals surface area contributed by atoms with E-state index < -0.39 is 28.9 Å². The third-order valence-corrected chi connectivity index (χ3v) is 5.63. The summed E-state index contributed by atoms with van der Waals surface area (Å²) < 4.78 is 5.09. The molecular formula is C20H27N3O5. The first kappa shape index (κ1) is 20.3. The molecule has 0 aromatic heterocycles. The van der Waals surface area contributed by atoms with E-state index >= 15 is 0 Å². The number of hydrogen-bond acceptors (Lipinski definition) is 6. The quantitative estimate of drug-likeness (QED) is 0.461. The van der Waals surface area contributed by atoms with Gasteiger partial charge in [-0.3, -0.25) is 25.0 Å². The van der Waals surface area contributed by atoms with Gasteiger partial charge in [0, 0.05) is 11.0 Å². The molecule has 2 fully saturated rings. The Morgan fingerprint density at radius 3 is 2.57 bits per heavy atom. The molecule has 1 aliphatic heterocycles. The molecule has 152 valence electrons. The smallest absolute Gasteiger partial charge is 0.320 e. The Morgan fingerprint density at radius 2 is 1.89 bits per heavy atom. The van der Waals surface area contributed by atoms with Crippen LogP contribution in [0.3, 0.4) is 0 Å². The third-order valence-electron chi connectivity index (χ3n) is 5.63. The standard InChI is InChI=1S/C20H27N3O5/c24-19-12-21-17(20(25)22-15-9-5-2-6-10-15)11-16(14-7-3-1-4-8-14)18(13-28-19)23(26)27/h1,3-4,7-8,15-18,21H,2,5-6,9-13H2,(H,22,25)/t16-,17?,18+/m0/s1. The zero-order valence-electron chi connectivity index (χ0n) is 15.8. The van der Waals surface area contributed by atoms with Crippen LogP contribution in [-0.4, -0.2) is 48.1 Å². The van der Waals surface area contributed by atoms with Crippen LogP contribution in [0.15, 0.2) is 30.3 Å². The summed E-state index contributed by atoms with van der Waals surface area (Å²) in [6.45, 7) is -0.446. The minimum absolute atomic E-state index is 0.129. The van der Waals surface area contributed by atoms with Crippen LogP contribution in [-0.2, 0) is 14.3 Å². The summed E-state index contributed by atoms with van der Waals surface area (Å²) >= 11 is 0. The second-order valence-electron chi connectivity index (χ2n) is 7.57. The van der Waals surface area contributed by atoms with Crippen LogP contribution in [0.5, 0.6) is 0 Å². The summed E-state index contributed by atoms with van der Waals surface area (Å²) in [5.74, 6) is -1.34. The molecule has 1 unspecified atom stereocenters. The molecule has 0 bridgehead atoms. The van der Waals surface area contributed by atoms with Crippen LogP contribution in [0.1, 0.15) is 50.0 Å². The summed E-state index contributed by atoms with van der Waals surface area (Å²) in [7, 11) is 0. The SMILES string of the molecule is O=C1CNC(C(=O)NC2CCCCC2)C[C@@H](c2ccccc2)[C@H]([N+](=O)[O-])CO1. The van der Waals surface area contributed by atoms with E-state index in [9.17, 15) is 19.7 Å².